The summed E-state index contributed by atoms with van der Waals surface area (Å²) in [6.45, 7) is 1.72. The van der Waals surface area contributed by atoms with Gasteiger partial charge in [-0.2, -0.15) is 0 Å². The van der Waals surface area contributed by atoms with E-state index in [1.807, 2.05) is 0 Å². The summed E-state index contributed by atoms with van der Waals surface area (Å²) in [5, 5.41) is 0. The maximum absolute atomic E-state index is 5.24. The second-order valence-electron chi connectivity index (χ2n) is 2.94. The summed E-state index contributed by atoms with van der Waals surface area (Å²) in [5.74, 6) is 2.82. The van der Waals surface area contributed by atoms with Gasteiger partial charge < -0.3 is 22.8 Å². The summed E-state index contributed by atoms with van der Waals surface area (Å²) >= 11 is 0. The van der Waals surface area contributed by atoms with Gasteiger partial charge in [0, 0.05) is 21.3 Å². The molecule has 0 aromatic rings. The molecule has 1 saturated heterocycles. The molecule has 0 aliphatic carbocycles. The van der Waals surface area contributed by atoms with Crippen LogP contribution in [0, 0.1) is 11.5 Å². The van der Waals surface area contributed by atoms with Gasteiger partial charge in [0.05, 0.1) is 13.2 Å². The Morgan fingerprint density at radius 3 is 2.33 bits per heavy atom. The number of hydrogen-bond donors (Lipinski definition) is 0. The van der Waals surface area contributed by atoms with Crippen LogP contribution in [0.15, 0.2) is 0 Å². The molecule has 0 N–H and O–H groups in total. The van der Waals surface area contributed by atoms with E-state index in [4.69, 9.17) is 22.8 Å². The van der Waals surface area contributed by atoms with Crippen LogP contribution in [-0.2, 0) is 22.8 Å². The highest BCUT2D eigenvalue weighted by molar-refractivity contribution is 6.69. The Hall–Kier alpha value is -0.423. The molecule has 15 heavy (non-hydrogen) atoms. The Bertz CT molecular complexity index is 230. The van der Waals surface area contributed by atoms with Crippen LogP contribution in [-0.4, -0.2) is 56.1 Å². The van der Waals surface area contributed by atoms with Crippen LogP contribution in [0.5, 0.6) is 0 Å². The molecule has 1 unspecified atom stereocenters. The Morgan fingerprint density at radius 2 is 1.87 bits per heavy atom. The van der Waals surface area contributed by atoms with E-state index in [0.29, 0.717) is 13.2 Å². The van der Waals surface area contributed by atoms with Gasteiger partial charge in [-0.1, -0.05) is 5.92 Å². The molecule has 1 atom stereocenters. The van der Waals surface area contributed by atoms with Crippen molar-refractivity contribution < 1.29 is 22.8 Å². The minimum Gasteiger partial charge on any atom is -0.371 e. The minimum atomic E-state index is -2.75. The number of rotatable bonds is 6. The van der Waals surface area contributed by atoms with E-state index in [1.165, 1.54) is 21.3 Å². The van der Waals surface area contributed by atoms with Crippen LogP contribution in [0.2, 0.25) is 0 Å². The van der Waals surface area contributed by atoms with Crippen LogP contribution in [0.1, 0.15) is 0 Å². The molecule has 1 fully saturated rings. The second-order valence-corrected chi connectivity index (χ2v) is 5.53. The van der Waals surface area contributed by atoms with Crippen molar-refractivity contribution in [1.82, 2.24) is 0 Å². The highest BCUT2D eigenvalue weighted by Crippen LogP contribution is 2.08. The first-order valence-electron chi connectivity index (χ1n) is 4.61. The fourth-order valence-corrected chi connectivity index (χ4v) is 2.05. The van der Waals surface area contributed by atoms with E-state index in [2.05, 4.69) is 11.5 Å². The van der Waals surface area contributed by atoms with Crippen molar-refractivity contribution in [2.75, 3.05) is 41.2 Å². The molecule has 5 nitrogen and oxygen atoms in total. The Balaban J connectivity index is 2.25. The molecule has 0 radical (unpaired) electrons. The lowest BCUT2D eigenvalue weighted by atomic mass is 10.5. The smallest absolute Gasteiger partial charge is 0.371 e. The zero-order chi connectivity index (χ0) is 11.1. The summed E-state index contributed by atoms with van der Waals surface area (Å²) in [5.41, 5.74) is 2.83. The standard InChI is InChI=1S/C9H16O5Si/c1-10-15(11-2,12-3)6-4-5-13-7-9-8-14-9/h9H,5,7-8H2,1-3H3. The third kappa shape index (κ3) is 4.30. The molecule has 1 heterocycles. The predicted octanol–water partition coefficient (Wildman–Crippen LogP) is -0.177. The fraction of sp³-hybridized carbons (Fsp3) is 0.778. The summed E-state index contributed by atoms with van der Waals surface area (Å²) in [6, 6.07) is 0. The average Bonchev–Trinajstić information content (AvgIpc) is 3.08. The lowest BCUT2D eigenvalue weighted by Crippen LogP contribution is -2.41. The van der Waals surface area contributed by atoms with Gasteiger partial charge in [0.1, 0.15) is 12.7 Å². The maximum Gasteiger partial charge on any atom is 0.590 e. The summed E-state index contributed by atoms with van der Waals surface area (Å²) in [6.07, 6.45) is 0.265. The van der Waals surface area contributed by atoms with E-state index in [-0.39, 0.29) is 6.10 Å². The molecular weight excluding hydrogens is 216 g/mol. The first-order chi connectivity index (χ1) is 7.26. The van der Waals surface area contributed by atoms with Gasteiger partial charge in [-0.3, -0.25) is 0 Å². The van der Waals surface area contributed by atoms with Crippen molar-refractivity contribution in [2.24, 2.45) is 0 Å². The van der Waals surface area contributed by atoms with Gasteiger partial charge in [-0.15, -0.1) is 0 Å². The van der Waals surface area contributed by atoms with Gasteiger partial charge in [0.15, 0.2) is 0 Å². The molecule has 86 valence electrons. The largest absolute Gasteiger partial charge is 0.590 e. The van der Waals surface area contributed by atoms with Gasteiger partial charge in [0.2, 0.25) is 0 Å². The molecule has 0 spiro atoms. The van der Waals surface area contributed by atoms with Crippen LogP contribution in [0.3, 0.4) is 0 Å². The SMILES string of the molecule is CO[Si](C#CCOCC1CO1)(OC)OC. The third-order valence-corrected chi connectivity index (χ3v) is 4.02. The van der Waals surface area contributed by atoms with E-state index in [1.54, 1.807) is 0 Å². The van der Waals surface area contributed by atoms with Crippen LogP contribution in [0.4, 0.5) is 0 Å². The topological polar surface area (TPSA) is 49.5 Å². The first kappa shape index (κ1) is 12.6. The van der Waals surface area contributed by atoms with Crippen LogP contribution in [0.25, 0.3) is 0 Å². The normalized spacial score (nSPS) is 19.5. The highest BCUT2D eigenvalue weighted by Gasteiger charge is 2.36. The molecule has 1 aliphatic heterocycles. The first-order valence-corrected chi connectivity index (χ1v) is 6.33. The number of hydrogen-bond acceptors (Lipinski definition) is 5. The van der Waals surface area contributed by atoms with Crippen molar-refractivity contribution in [3.8, 4) is 11.5 Å². The lowest BCUT2D eigenvalue weighted by molar-refractivity contribution is 0.139. The highest BCUT2D eigenvalue weighted by atomic mass is 28.4. The molecule has 0 amide bonds. The Labute approximate surface area is 91.0 Å². The van der Waals surface area contributed by atoms with Crippen molar-refractivity contribution >= 4 is 8.80 Å². The van der Waals surface area contributed by atoms with Crippen LogP contribution < -0.4 is 0 Å². The molecule has 0 aromatic carbocycles. The zero-order valence-corrected chi connectivity index (χ0v) is 10.2. The van der Waals surface area contributed by atoms with Crippen LogP contribution >= 0.6 is 0 Å². The molecule has 0 aromatic heterocycles. The monoisotopic (exact) mass is 232 g/mol. The Morgan fingerprint density at radius 1 is 1.27 bits per heavy atom. The second kappa shape index (κ2) is 6.22. The van der Waals surface area contributed by atoms with Gasteiger partial charge in [-0.25, -0.2) is 0 Å². The summed E-state index contributed by atoms with van der Waals surface area (Å²) in [7, 11) is 1.81. The van der Waals surface area contributed by atoms with Crippen molar-refractivity contribution in [2.45, 2.75) is 6.10 Å². The van der Waals surface area contributed by atoms with E-state index < -0.39 is 8.80 Å². The predicted molar refractivity (Wildman–Crippen MR) is 55.1 cm³/mol. The quantitative estimate of drug-likeness (QED) is 0.275. The zero-order valence-electron chi connectivity index (χ0n) is 9.24. The molecule has 0 bridgehead atoms. The van der Waals surface area contributed by atoms with Crippen molar-refractivity contribution in [3.63, 3.8) is 0 Å². The average molecular weight is 232 g/mol. The molecule has 1 rings (SSSR count). The van der Waals surface area contributed by atoms with E-state index in [9.17, 15) is 0 Å². The lowest BCUT2D eigenvalue weighted by Gasteiger charge is -2.17. The van der Waals surface area contributed by atoms with Gasteiger partial charge in [-0.05, 0) is 5.54 Å². The van der Waals surface area contributed by atoms with Crippen molar-refractivity contribution in [3.05, 3.63) is 0 Å². The fourth-order valence-electron chi connectivity index (χ4n) is 0.953. The maximum atomic E-state index is 5.24. The van der Waals surface area contributed by atoms with E-state index in [0.717, 1.165) is 6.61 Å². The molecule has 1 aliphatic rings. The number of epoxide rings is 1. The third-order valence-electron chi connectivity index (χ3n) is 1.93. The molecular formula is C9H16O5Si. The van der Waals surface area contributed by atoms with Crippen molar-refractivity contribution in [1.29, 1.82) is 0 Å². The number of ether oxygens (including phenoxy) is 2. The van der Waals surface area contributed by atoms with E-state index >= 15 is 0 Å². The van der Waals surface area contributed by atoms with Gasteiger partial charge in [0.25, 0.3) is 0 Å². The minimum absolute atomic E-state index is 0.265. The summed E-state index contributed by atoms with van der Waals surface area (Å²) in [4.78, 5) is 0. The summed E-state index contributed by atoms with van der Waals surface area (Å²) < 4.78 is 25.6. The van der Waals surface area contributed by atoms with Gasteiger partial charge >= 0.3 is 8.80 Å². The Kier molecular flexibility index (Phi) is 5.25. The molecule has 6 heteroatoms. The molecule has 0 saturated carbocycles.